The van der Waals surface area contributed by atoms with Crippen LogP contribution in [0.25, 0.3) is 0 Å². The van der Waals surface area contributed by atoms with Gasteiger partial charge >= 0.3 is 13.6 Å². The fraction of sp³-hybridized carbons (Fsp3) is 0.842. The molecule has 0 spiro atoms. The molecule has 0 aromatic carbocycles. The molecule has 6 nitrogen and oxygen atoms in total. The van der Waals surface area contributed by atoms with E-state index in [0.29, 0.717) is 18.9 Å². The molecular weight excluding hydrogens is 355 g/mol. The number of hydrogen-bond acceptors (Lipinski definition) is 6. The quantitative estimate of drug-likeness (QED) is 0.193. The maximum Gasteiger partial charge on any atom is 0.344 e. The molecule has 1 saturated heterocycles. The first-order valence-electron chi connectivity index (χ1n) is 9.59. The van der Waals surface area contributed by atoms with Crippen LogP contribution in [-0.2, 0) is 27.9 Å². The molecule has 1 rings (SSSR count). The maximum absolute atomic E-state index is 13.0. The van der Waals surface area contributed by atoms with Gasteiger partial charge in [-0.15, -0.1) is 0 Å². The van der Waals surface area contributed by atoms with Gasteiger partial charge in [0.05, 0.1) is 31.5 Å². The third-order valence-corrected chi connectivity index (χ3v) is 6.93. The van der Waals surface area contributed by atoms with E-state index in [9.17, 15) is 9.36 Å². The van der Waals surface area contributed by atoms with Gasteiger partial charge < -0.3 is 18.5 Å². The Morgan fingerprint density at radius 2 is 1.77 bits per heavy atom. The van der Waals surface area contributed by atoms with Crippen LogP contribution in [0.3, 0.4) is 0 Å². The van der Waals surface area contributed by atoms with Crippen molar-refractivity contribution in [1.82, 2.24) is 0 Å². The molecule has 152 valence electrons. The number of hydrogen-bond donors (Lipinski definition) is 0. The van der Waals surface area contributed by atoms with E-state index in [2.05, 4.69) is 26.8 Å². The lowest BCUT2D eigenvalue weighted by Gasteiger charge is -2.24. The molecule has 0 amide bonds. The normalized spacial score (nSPS) is 20.7. The number of epoxide rings is 1. The summed E-state index contributed by atoms with van der Waals surface area (Å²) < 4.78 is 34.4. The fourth-order valence-corrected chi connectivity index (χ4v) is 4.86. The molecule has 7 heteroatoms. The molecule has 0 bridgehead atoms. The summed E-state index contributed by atoms with van der Waals surface area (Å²) in [5.74, 6) is -0.517. The van der Waals surface area contributed by atoms with Gasteiger partial charge in [0.25, 0.3) is 0 Å². The number of rotatable bonds is 13. The maximum atomic E-state index is 13.0. The van der Waals surface area contributed by atoms with Crippen LogP contribution in [0, 0.1) is 0 Å². The smallest absolute Gasteiger partial charge is 0.344 e. The van der Waals surface area contributed by atoms with E-state index in [4.69, 9.17) is 18.5 Å². The molecule has 0 radical (unpaired) electrons. The molecule has 2 unspecified atom stereocenters. The Morgan fingerprint density at radius 3 is 2.23 bits per heavy atom. The first-order valence-corrected chi connectivity index (χ1v) is 11.2. The monoisotopic (exact) mass is 390 g/mol. The van der Waals surface area contributed by atoms with Crippen LogP contribution < -0.4 is 0 Å². The number of allylic oxidation sites excluding steroid dienone is 2. The summed E-state index contributed by atoms with van der Waals surface area (Å²) in [7, 11) is -3.54. The predicted octanol–water partition coefficient (Wildman–Crippen LogP) is 4.87. The summed E-state index contributed by atoms with van der Waals surface area (Å²) >= 11 is 0. The van der Waals surface area contributed by atoms with Crippen molar-refractivity contribution >= 4 is 13.6 Å². The standard InChI is InChI=1S/C19H35O6P/c1-7-22-18(20)16(26(21,23-8-2)24-9-3)12-10-11-15(4)13-14-17-19(5,6)25-17/h11,16-17H,7-10,12-14H2,1-6H3/b15-11+. The number of esters is 1. The molecule has 26 heavy (non-hydrogen) atoms. The molecule has 2 atom stereocenters. The topological polar surface area (TPSA) is 74.4 Å². The van der Waals surface area contributed by atoms with Crippen LogP contribution in [0.2, 0.25) is 0 Å². The van der Waals surface area contributed by atoms with Crippen LogP contribution >= 0.6 is 7.60 Å². The summed E-state index contributed by atoms with van der Waals surface area (Å²) in [4.78, 5) is 12.3. The van der Waals surface area contributed by atoms with Gasteiger partial charge in [-0.05, 0) is 67.2 Å². The van der Waals surface area contributed by atoms with E-state index in [-0.39, 0.29) is 25.4 Å². The molecule has 0 aliphatic carbocycles. The Kier molecular flexibility index (Phi) is 9.53. The second-order valence-corrected chi connectivity index (χ2v) is 9.24. The summed E-state index contributed by atoms with van der Waals surface area (Å²) in [6.45, 7) is 12.1. The molecule has 1 aliphatic heterocycles. The van der Waals surface area contributed by atoms with Gasteiger partial charge in [-0.25, -0.2) is 0 Å². The van der Waals surface area contributed by atoms with Crippen molar-refractivity contribution in [2.45, 2.75) is 84.6 Å². The van der Waals surface area contributed by atoms with Crippen LogP contribution in [-0.4, -0.2) is 43.2 Å². The minimum atomic E-state index is -3.54. The number of carbonyl (C=O) groups excluding carboxylic acids is 1. The molecule has 1 heterocycles. The third kappa shape index (κ3) is 7.15. The number of carbonyl (C=O) groups is 1. The SMILES string of the molecule is CCOC(=O)C(CC/C=C(\C)CCC1OC1(C)C)P(=O)(OCC)OCC. The van der Waals surface area contributed by atoms with E-state index < -0.39 is 19.2 Å². The molecular formula is C19H35O6P. The zero-order valence-electron chi connectivity index (χ0n) is 17.1. The second kappa shape index (κ2) is 10.6. The summed E-state index contributed by atoms with van der Waals surface area (Å²) in [5.41, 5.74) is 0.357. The van der Waals surface area contributed by atoms with Crippen LogP contribution in [0.1, 0.15) is 67.2 Å². The van der Waals surface area contributed by atoms with Crippen molar-refractivity contribution < 1.29 is 27.9 Å². The third-order valence-electron chi connectivity index (χ3n) is 4.46. The Labute approximate surface area is 158 Å². The summed E-state index contributed by atoms with van der Waals surface area (Å²) in [5, 5.41) is 0. The van der Waals surface area contributed by atoms with Crippen LogP contribution in [0.4, 0.5) is 0 Å². The Morgan fingerprint density at radius 1 is 1.19 bits per heavy atom. The molecule has 1 fully saturated rings. The Hall–Kier alpha value is -0.680. The molecule has 1 aliphatic rings. The van der Waals surface area contributed by atoms with E-state index in [1.54, 1.807) is 20.8 Å². The molecule has 0 aromatic heterocycles. The molecule has 0 aromatic rings. The first kappa shape index (κ1) is 23.4. The minimum absolute atomic E-state index is 0.0108. The van der Waals surface area contributed by atoms with Crippen molar-refractivity contribution in [2.75, 3.05) is 19.8 Å². The Bertz CT molecular complexity index is 518. The summed E-state index contributed by atoms with van der Waals surface area (Å²) in [6.07, 6.45) is 5.35. The van der Waals surface area contributed by atoms with Gasteiger partial charge in [-0.2, -0.15) is 0 Å². The van der Waals surface area contributed by atoms with Crippen molar-refractivity contribution in [3.63, 3.8) is 0 Å². The van der Waals surface area contributed by atoms with Crippen molar-refractivity contribution in [2.24, 2.45) is 0 Å². The van der Waals surface area contributed by atoms with Crippen LogP contribution in [0.5, 0.6) is 0 Å². The highest BCUT2D eigenvalue weighted by Crippen LogP contribution is 2.55. The van der Waals surface area contributed by atoms with E-state index in [1.807, 2.05) is 0 Å². The fourth-order valence-electron chi connectivity index (χ4n) is 2.91. The molecule has 0 saturated carbocycles. The van der Waals surface area contributed by atoms with Gasteiger partial charge in [0.15, 0.2) is 5.66 Å². The van der Waals surface area contributed by atoms with E-state index >= 15 is 0 Å². The molecule has 0 N–H and O–H groups in total. The average Bonchev–Trinajstić information content (AvgIpc) is 3.17. The van der Waals surface area contributed by atoms with E-state index in [1.165, 1.54) is 5.57 Å². The Balaban J connectivity index is 2.65. The van der Waals surface area contributed by atoms with Crippen molar-refractivity contribution in [3.8, 4) is 0 Å². The zero-order valence-corrected chi connectivity index (χ0v) is 18.0. The largest absolute Gasteiger partial charge is 0.465 e. The van der Waals surface area contributed by atoms with Crippen LogP contribution in [0.15, 0.2) is 11.6 Å². The van der Waals surface area contributed by atoms with Crippen molar-refractivity contribution in [3.05, 3.63) is 11.6 Å². The van der Waals surface area contributed by atoms with Gasteiger partial charge in [0.1, 0.15) is 0 Å². The number of ether oxygens (including phenoxy) is 2. The second-order valence-electron chi connectivity index (χ2n) is 7.02. The zero-order chi connectivity index (χ0) is 19.8. The lowest BCUT2D eigenvalue weighted by atomic mass is 10.0. The predicted molar refractivity (Wildman–Crippen MR) is 102 cm³/mol. The highest BCUT2D eigenvalue weighted by molar-refractivity contribution is 7.55. The minimum Gasteiger partial charge on any atom is -0.465 e. The van der Waals surface area contributed by atoms with Gasteiger partial charge in [-0.3, -0.25) is 9.36 Å². The van der Waals surface area contributed by atoms with Gasteiger partial charge in [0, 0.05) is 0 Å². The van der Waals surface area contributed by atoms with Gasteiger partial charge in [0.2, 0.25) is 0 Å². The summed E-state index contributed by atoms with van der Waals surface area (Å²) in [6, 6.07) is 0. The van der Waals surface area contributed by atoms with Crippen molar-refractivity contribution in [1.29, 1.82) is 0 Å². The lowest BCUT2D eigenvalue weighted by Crippen LogP contribution is -2.26. The first-order chi connectivity index (χ1) is 12.2. The van der Waals surface area contributed by atoms with E-state index in [0.717, 1.165) is 12.8 Å². The average molecular weight is 390 g/mol. The van der Waals surface area contributed by atoms with Gasteiger partial charge in [-0.1, -0.05) is 11.6 Å². The highest BCUT2D eigenvalue weighted by atomic mass is 31.2. The lowest BCUT2D eigenvalue weighted by molar-refractivity contribution is -0.143. The highest BCUT2D eigenvalue weighted by Gasteiger charge is 2.46.